The van der Waals surface area contributed by atoms with Crippen LogP contribution in [-0.2, 0) is 62.4 Å². The number of halogens is 3. The molecular formula is C65H73F3N6O6. The number of anilines is 3. The Hall–Kier alpha value is -7.20. The molecule has 0 radical (unpaired) electrons. The molecule has 3 N–H and O–H groups in total. The van der Waals surface area contributed by atoms with Crippen molar-refractivity contribution >= 4 is 35.2 Å². The summed E-state index contributed by atoms with van der Waals surface area (Å²) in [6.07, 6.45) is 0.407. The van der Waals surface area contributed by atoms with Gasteiger partial charge in [-0.3, -0.25) is 0 Å². The van der Waals surface area contributed by atoms with Gasteiger partial charge in [0, 0.05) is 56.3 Å². The Morgan fingerprint density at radius 2 is 0.725 bits per heavy atom. The minimum absolute atomic E-state index is 0.0246. The van der Waals surface area contributed by atoms with Crippen LogP contribution in [0.5, 0.6) is 0 Å². The van der Waals surface area contributed by atoms with Gasteiger partial charge < -0.3 is 44.9 Å². The van der Waals surface area contributed by atoms with E-state index in [-0.39, 0.29) is 40.3 Å². The number of likely N-dealkylation sites (tertiary alicyclic amines) is 3. The average molecular weight is 1090 g/mol. The molecule has 3 saturated heterocycles. The van der Waals surface area contributed by atoms with Crippen LogP contribution in [0.4, 0.5) is 44.6 Å². The molecule has 0 bridgehead atoms. The maximum atomic E-state index is 12.7. The van der Waals surface area contributed by atoms with Crippen molar-refractivity contribution in [3.8, 4) is 0 Å². The lowest BCUT2D eigenvalue weighted by atomic mass is 9.84. The van der Waals surface area contributed by atoms with Crippen LogP contribution < -0.4 is 16.0 Å². The van der Waals surface area contributed by atoms with E-state index in [4.69, 9.17) is 14.2 Å². The quantitative estimate of drug-likeness (QED) is 0.162. The highest BCUT2D eigenvalue weighted by Crippen LogP contribution is 2.47. The smallest absolute Gasteiger partial charge is 0.365 e. The second-order valence-corrected chi connectivity index (χ2v) is 23.3. The lowest BCUT2D eigenvalue weighted by Crippen LogP contribution is -2.46. The van der Waals surface area contributed by atoms with Gasteiger partial charge in [0.15, 0.2) is 0 Å². The summed E-state index contributed by atoms with van der Waals surface area (Å²) in [4.78, 5) is 43.2. The van der Waals surface area contributed by atoms with E-state index in [1.165, 1.54) is 56.6 Å². The van der Waals surface area contributed by atoms with Crippen molar-refractivity contribution in [2.75, 3.05) is 55.2 Å². The number of carbonyl (C=O) groups excluding carboxylic acids is 3. The minimum Gasteiger partial charge on any atom is -0.365 e. The average Bonchev–Trinajstić information content (AvgIpc) is 4.14. The molecule has 6 aliphatic heterocycles. The molecule has 6 heterocycles. The number of urea groups is 3. The van der Waals surface area contributed by atoms with Crippen LogP contribution in [0, 0.1) is 0 Å². The number of amides is 6. The zero-order valence-electron chi connectivity index (χ0n) is 46.5. The number of nitrogens with zero attached hydrogens (tertiary/aromatic N) is 3. The molecular weight excluding hydrogens is 1020 g/mol. The van der Waals surface area contributed by atoms with Crippen LogP contribution in [0.15, 0.2) is 146 Å². The predicted octanol–water partition coefficient (Wildman–Crippen LogP) is 14.7. The molecule has 3 fully saturated rings. The fourth-order valence-electron chi connectivity index (χ4n) is 12.0. The summed E-state index contributed by atoms with van der Waals surface area (Å²) >= 11 is 0. The maximum absolute atomic E-state index is 12.7. The standard InChI is InChI=1S/C23H28N2O2.C22H26N2O2.C20H19F3N2O2/c1-22(2,3)18-8-10-19(11-9-18)24-21(26)25-14-12-23(13-15-25)20-7-5-4-6-17(20)16-27-23;1-16(2)17-7-9-19(10-8-17)23-21(25)24-13-11-22(12-14-24)20-6-4-3-5-18(20)15-26-22;21-20(22,23)15-5-7-16(8-6-15)24-18(26)25-11-9-19(10-12-25)17-4-2-1-3-14(17)13-27-19/h4-11H,12-16H2,1-3H3,(H,24,26);3-10,16H,11-15H2,1-2H3,(H,23,25);1-8H,9-13H2,(H,24,26). The second kappa shape index (κ2) is 23.1. The van der Waals surface area contributed by atoms with Gasteiger partial charge in [0.2, 0.25) is 0 Å². The van der Waals surface area contributed by atoms with Crippen LogP contribution in [0.1, 0.15) is 129 Å². The van der Waals surface area contributed by atoms with Gasteiger partial charge in [-0.15, -0.1) is 0 Å². The summed E-state index contributed by atoms with van der Waals surface area (Å²) < 4.78 is 56.3. The Morgan fingerprint density at radius 1 is 0.438 bits per heavy atom. The predicted molar refractivity (Wildman–Crippen MR) is 305 cm³/mol. The molecule has 0 aliphatic carbocycles. The Kier molecular flexibility index (Phi) is 16.2. The molecule has 0 saturated carbocycles. The maximum Gasteiger partial charge on any atom is 0.416 e. The van der Waals surface area contributed by atoms with Crippen molar-refractivity contribution < 1.29 is 41.8 Å². The third-order valence-corrected chi connectivity index (χ3v) is 16.9. The number of piperidine rings is 3. The summed E-state index contributed by atoms with van der Waals surface area (Å²) in [5.74, 6) is 0.493. The monoisotopic (exact) mass is 1090 g/mol. The fourth-order valence-corrected chi connectivity index (χ4v) is 12.0. The minimum atomic E-state index is -4.39. The molecule has 15 heteroatoms. The van der Waals surface area contributed by atoms with Gasteiger partial charge in [-0.05, 0) is 143 Å². The van der Waals surface area contributed by atoms with Crippen molar-refractivity contribution in [1.82, 2.24) is 14.7 Å². The van der Waals surface area contributed by atoms with Crippen LogP contribution in [0.2, 0.25) is 0 Å². The van der Waals surface area contributed by atoms with Crippen LogP contribution >= 0.6 is 0 Å². The topological polar surface area (TPSA) is 125 Å². The molecule has 6 aromatic rings. The highest BCUT2D eigenvalue weighted by atomic mass is 19.4. The molecule has 0 unspecified atom stereocenters. The molecule has 80 heavy (non-hydrogen) atoms. The Bertz CT molecular complexity index is 2990. The number of nitrogens with one attached hydrogen (secondary N) is 3. The molecule has 420 valence electrons. The highest BCUT2D eigenvalue weighted by Gasteiger charge is 2.46. The first-order valence-electron chi connectivity index (χ1n) is 28.0. The van der Waals surface area contributed by atoms with Gasteiger partial charge in [0.25, 0.3) is 0 Å². The second-order valence-electron chi connectivity index (χ2n) is 23.3. The summed E-state index contributed by atoms with van der Waals surface area (Å²) in [7, 11) is 0. The van der Waals surface area contributed by atoms with E-state index in [1.54, 1.807) is 4.90 Å². The van der Waals surface area contributed by atoms with Crippen molar-refractivity contribution in [3.63, 3.8) is 0 Å². The van der Waals surface area contributed by atoms with Crippen LogP contribution in [0.3, 0.4) is 0 Å². The third kappa shape index (κ3) is 12.3. The van der Waals surface area contributed by atoms with Gasteiger partial charge in [-0.1, -0.05) is 132 Å². The number of hydrogen-bond donors (Lipinski definition) is 3. The van der Waals surface area contributed by atoms with E-state index in [1.807, 2.05) is 46.2 Å². The Labute approximate surface area is 468 Å². The van der Waals surface area contributed by atoms with Crippen LogP contribution in [-0.4, -0.2) is 72.1 Å². The first-order valence-corrected chi connectivity index (χ1v) is 28.0. The normalized spacial score (nSPS) is 18.3. The number of rotatable bonds is 4. The molecule has 0 atom stereocenters. The first-order chi connectivity index (χ1) is 38.3. The zero-order chi connectivity index (χ0) is 56.3. The van der Waals surface area contributed by atoms with E-state index >= 15 is 0 Å². The van der Waals surface area contributed by atoms with Gasteiger partial charge in [-0.25, -0.2) is 14.4 Å². The molecule has 12 nitrogen and oxygen atoms in total. The van der Waals surface area contributed by atoms with E-state index in [0.29, 0.717) is 83.5 Å². The van der Waals surface area contributed by atoms with Crippen molar-refractivity contribution in [2.45, 2.75) is 127 Å². The molecule has 3 spiro atoms. The summed E-state index contributed by atoms with van der Waals surface area (Å²) in [5.41, 5.74) is 10.8. The lowest BCUT2D eigenvalue weighted by molar-refractivity contribution is -0.137. The van der Waals surface area contributed by atoms with E-state index in [2.05, 4.69) is 135 Å². The fraction of sp³-hybridized carbons (Fsp3) is 0.400. The van der Waals surface area contributed by atoms with Crippen molar-refractivity contribution in [1.29, 1.82) is 0 Å². The zero-order valence-corrected chi connectivity index (χ0v) is 46.5. The third-order valence-electron chi connectivity index (χ3n) is 16.9. The summed E-state index contributed by atoms with van der Waals surface area (Å²) in [6.45, 7) is 16.8. The number of hydrogen-bond acceptors (Lipinski definition) is 6. The number of benzene rings is 6. The van der Waals surface area contributed by atoms with Gasteiger partial charge in [0.05, 0.1) is 42.2 Å². The van der Waals surface area contributed by atoms with Gasteiger partial charge in [-0.2, -0.15) is 13.2 Å². The van der Waals surface area contributed by atoms with E-state index in [9.17, 15) is 27.6 Å². The number of alkyl halides is 3. The van der Waals surface area contributed by atoms with Crippen LogP contribution in [0.25, 0.3) is 0 Å². The Balaban J connectivity index is 0.000000135. The molecule has 6 amide bonds. The first kappa shape index (κ1) is 56.1. The molecule has 12 rings (SSSR count). The molecule has 0 aromatic heterocycles. The van der Waals surface area contributed by atoms with Crippen molar-refractivity contribution in [3.05, 3.63) is 196 Å². The van der Waals surface area contributed by atoms with Gasteiger partial charge >= 0.3 is 24.3 Å². The SMILES string of the molecule is CC(C)(C)c1ccc(NC(=O)N2CCC3(CC2)OCc2ccccc23)cc1.CC(C)c1ccc(NC(=O)N2CCC3(CC2)OCc2ccccc23)cc1.O=C(Nc1ccc(C(F)(F)F)cc1)N1CCC2(CC1)OCc1ccccc12. The largest absolute Gasteiger partial charge is 0.416 e. The number of ether oxygens (including phenoxy) is 3. The van der Waals surface area contributed by atoms with E-state index < -0.39 is 11.7 Å². The molecule has 6 aromatic carbocycles. The molecule has 6 aliphatic rings. The lowest BCUT2D eigenvalue weighted by Gasteiger charge is -2.39. The summed E-state index contributed by atoms with van der Waals surface area (Å²) in [6, 6.07) is 45.4. The Morgan fingerprint density at radius 3 is 1.01 bits per heavy atom. The van der Waals surface area contributed by atoms with Gasteiger partial charge in [0.1, 0.15) is 0 Å². The van der Waals surface area contributed by atoms with E-state index in [0.717, 1.165) is 49.2 Å². The number of fused-ring (bicyclic) bond motifs is 6. The van der Waals surface area contributed by atoms with Crippen molar-refractivity contribution in [2.24, 2.45) is 0 Å². The highest BCUT2D eigenvalue weighted by molar-refractivity contribution is 5.90. The number of carbonyl (C=O) groups is 3. The summed E-state index contributed by atoms with van der Waals surface area (Å²) in [5, 5.41) is 8.72.